The van der Waals surface area contributed by atoms with Crippen molar-refractivity contribution in [3.8, 4) is 5.75 Å². The van der Waals surface area contributed by atoms with Gasteiger partial charge in [0.15, 0.2) is 0 Å². The molecule has 1 rings (SSSR count). The number of aryl methyl sites for hydroxylation is 1. The number of hydrogen-bond donors (Lipinski definition) is 0. The van der Waals surface area contributed by atoms with E-state index in [2.05, 4.69) is 4.99 Å². The molecular weight excluding hydrogens is 190 g/mol. The predicted molar refractivity (Wildman–Crippen MR) is 60.4 cm³/mol. The van der Waals surface area contributed by atoms with Crippen LogP contribution in [0.4, 0.5) is 0 Å². The Morgan fingerprint density at radius 3 is 2.73 bits per heavy atom. The van der Waals surface area contributed by atoms with Crippen LogP contribution in [-0.4, -0.2) is 19.2 Å². The first-order chi connectivity index (χ1) is 7.15. The third-order valence-electron chi connectivity index (χ3n) is 2.05. The summed E-state index contributed by atoms with van der Waals surface area (Å²) >= 11 is 0. The van der Waals surface area contributed by atoms with Crippen molar-refractivity contribution in [1.29, 1.82) is 0 Å². The average Bonchev–Trinajstić information content (AvgIpc) is 2.21. The first kappa shape index (κ1) is 11.4. The summed E-state index contributed by atoms with van der Waals surface area (Å²) in [7, 11) is 1.64. The van der Waals surface area contributed by atoms with E-state index in [1.165, 1.54) is 0 Å². The Balaban J connectivity index is 2.70. The minimum atomic E-state index is -0.311. The number of benzene rings is 1. The number of para-hydroxylation sites is 1. The molecule has 0 heterocycles. The van der Waals surface area contributed by atoms with Gasteiger partial charge < -0.3 is 4.74 Å². The Kier molecular flexibility index (Phi) is 4.03. The van der Waals surface area contributed by atoms with Crippen molar-refractivity contribution in [3.05, 3.63) is 29.8 Å². The zero-order valence-corrected chi connectivity index (χ0v) is 9.23. The lowest BCUT2D eigenvalue weighted by molar-refractivity contribution is -0.136. The van der Waals surface area contributed by atoms with Crippen LogP contribution < -0.4 is 4.74 Å². The second-order valence-corrected chi connectivity index (χ2v) is 3.38. The van der Waals surface area contributed by atoms with E-state index in [0.29, 0.717) is 5.75 Å². The van der Waals surface area contributed by atoms with E-state index in [9.17, 15) is 4.79 Å². The number of aliphatic imine (C=N–C) groups is 1. The zero-order chi connectivity index (χ0) is 11.3. The minimum absolute atomic E-state index is 0.282. The molecule has 0 aliphatic heterocycles. The van der Waals surface area contributed by atoms with Crippen LogP contribution in [0.3, 0.4) is 0 Å². The fraction of sp³-hybridized carbons (Fsp3) is 0.333. The Labute approximate surface area is 89.8 Å². The van der Waals surface area contributed by atoms with Crippen LogP contribution in [0.2, 0.25) is 0 Å². The fourth-order valence-corrected chi connectivity index (χ4v) is 1.16. The van der Waals surface area contributed by atoms with Gasteiger partial charge in [-0.3, -0.25) is 9.79 Å². The van der Waals surface area contributed by atoms with Crippen LogP contribution in [-0.2, 0) is 4.79 Å². The molecule has 3 heteroatoms. The van der Waals surface area contributed by atoms with Gasteiger partial charge in [-0.15, -0.1) is 0 Å². The van der Waals surface area contributed by atoms with Crippen molar-refractivity contribution in [1.82, 2.24) is 0 Å². The molecule has 1 aromatic rings. The van der Waals surface area contributed by atoms with Crippen molar-refractivity contribution in [2.75, 3.05) is 7.05 Å². The number of esters is 1. The highest BCUT2D eigenvalue weighted by molar-refractivity contribution is 5.90. The molecule has 0 spiro atoms. The molecule has 0 saturated carbocycles. The van der Waals surface area contributed by atoms with Gasteiger partial charge in [-0.05, 0) is 25.5 Å². The molecule has 1 aromatic carbocycles. The number of rotatable bonds is 3. The smallest absolute Gasteiger partial charge is 0.319 e. The molecule has 80 valence electrons. The molecule has 1 atom stereocenters. The normalized spacial score (nSPS) is 12.7. The van der Waals surface area contributed by atoms with E-state index in [4.69, 9.17) is 4.74 Å². The lowest BCUT2D eigenvalue weighted by Crippen LogP contribution is -2.19. The van der Waals surface area contributed by atoms with Gasteiger partial charge in [-0.25, -0.2) is 0 Å². The monoisotopic (exact) mass is 205 g/mol. The van der Waals surface area contributed by atoms with Crippen LogP contribution >= 0.6 is 0 Å². The molecule has 0 aromatic heterocycles. The van der Waals surface area contributed by atoms with E-state index in [0.717, 1.165) is 5.56 Å². The molecule has 0 saturated heterocycles. The molecule has 0 aliphatic rings. The summed E-state index contributed by atoms with van der Waals surface area (Å²) in [6, 6.07) is 7.43. The van der Waals surface area contributed by atoms with E-state index in [1.54, 1.807) is 26.3 Å². The maximum atomic E-state index is 11.5. The Bertz CT molecular complexity index is 372. The number of nitrogens with zero attached hydrogens (tertiary/aromatic N) is 1. The molecule has 0 aliphatic carbocycles. The number of carbonyl (C=O) groups excluding carboxylic acids is 1. The highest BCUT2D eigenvalue weighted by Crippen LogP contribution is 2.17. The van der Waals surface area contributed by atoms with Crippen molar-refractivity contribution < 1.29 is 9.53 Å². The van der Waals surface area contributed by atoms with E-state index in [1.807, 2.05) is 25.1 Å². The first-order valence-corrected chi connectivity index (χ1v) is 4.84. The highest BCUT2D eigenvalue weighted by Gasteiger charge is 2.13. The Hall–Kier alpha value is -1.64. The minimum Gasteiger partial charge on any atom is -0.426 e. The molecular formula is C12H15NO2. The summed E-state index contributed by atoms with van der Waals surface area (Å²) in [4.78, 5) is 15.3. The van der Waals surface area contributed by atoms with Crippen molar-refractivity contribution >= 4 is 12.2 Å². The number of ether oxygens (including phenoxy) is 1. The topological polar surface area (TPSA) is 38.7 Å². The summed E-state index contributed by atoms with van der Waals surface area (Å²) in [6.07, 6.45) is 1.57. The number of carbonyl (C=O) groups is 1. The molecule has 15 heavy (non-hydrogen) atoms. The third kappa shape index (κ3) is 3.20. The van der Waals surface area contributed by atoms with Gasteiger partial charge in [0.1, 0.15) is 5.75 Å². The molecule has 0 radical (unpaired) electrons. The van der Waals surface area contributed by atoms with Gasteiger partial charge in [0, 0.05) is 13.3 Å². The quantitative estimate of drug-likeness (QED) is 0.431. The van der Waals surface area contributed by atoms with Gasteiger partial charge in [0.25, 0.3) is 0 Å². The van der Waals surface area contributed by atoms with Crippen LogP contribution in [0, 0.1) is 12.8 Å². The Morgan fingerprint density at radius 1 is 1.47 bits per heavy atom. The maximum Gasteiger partial charge on any atom is 0.319 e. The van der Waals surface area contributed by atoms with Crippen LogP contribution in [0.5, 0.6) is 5.75 Å². The predicted octanol–water partition coefficient (Wildman–Crippen LogP) is 2.24. The molecule has 0 bridgehead atoms. The maximum absolute atomic E-state index is 11.5. The van der Waals surface area contributed by atoms with Crippen molar-refractivity contribution in [3.63, 3.8) is 0 Å². The van der Waals surface area contributed by atoms with Crippen LogP contribution in [0.25, 0.3) is 0 Å². The second kappa shape index (κ2) is 5.29. The zero-order valence-electron chi connectivity index (χ0n) is 9.23. The summed E-state index contributed by atoms with van der Waals surface area (Å²) in [5.41, 5.74) is 0.950. The first-order valence-electron chi connectivity index (χ1n) is 4.84. The van der Waals surface area contributed by atoms with Crippen molar-refractivity contribution in [2.45, 2.75) is 13.8 Å². The van der Waals surface area contributed by atoms with Gasteiger partial charge in [-0.2, -0.15) is 0 Å². The van der Waals surface area contributed by atoms with Crippen LogP contribution in [0.1, 0.15) is 12.5 Å². The van der Waals surface area contributed by atoms with Crippen LogP contribution in [0.15, 0.2) is 29.3 Å². The second-order valence-electron chi connectivity index (χ2n) is 3.38. The molecule has 0 N–H and O–H groups in total. The summed E-state index contributed by atoms with van der Waals surface area (Å²) in [5.74, 6) is 0.0170. The SMILES string of the molecule is CN=CC(C)C(=O)Oc1ccccc1C. The Morgan fingerprint density at radius 2 is 2.13 bits per heavy atom. The fourth-order valence-electron chi connectivity index (χ4n) is 1.16. The largest absolute Gasteiger partial charge is 0.426 e. The molecule has 0 fully saturated rings. The van der Waals surface area contributed by atoms with Crippen molar-refractivity contribution in [2.24, 2.45) is 10.9 Å². The van der Waals surface area contributed by atoms with E-state index >= 15 is 0 Å². The third-order valence-corrected chi connectivity index (χ3v) is 2.05. The van der Waals surface area contributed by atoms with E-state index in [-0.39, 0.29) is 11.9 Å². The average molecular weight is 205 g/mol. The van der Waals surface area contributed by atoms with E-state index < -0.39 is 0 Å². The lowest BCUT2D eigenvalue weighted by Gasteiger charge is -2.08. The molecule has 0 amide bonds. The highest BCUT2D eigenvalue weighted by atomic mass is 16.5. The summed E-state index contributed by atoms with van der Waals surface area (Å²) < 4.78 is 5.23. The molecule has 3 nitrogen and oxygen atoms in total. The number of hydrogen-bond acceptors (Lipinski definition) is 3. The summed E-state index contributed by atoms with van der Waals surface area (Å²) in [6.45, 7) is 3.66. The lowest BCUT2D eigenvalue weighted by atomic mass is 10.2. The van der Waals surface area contributed by atoms with Gasteiger partial charge >= 0.3 is 5.97 Å². The summed E-state index contributed by atoms with van der Waals surface area (Å²) in [5, 5.41) is 0. The van der Waals surface area contributed by atoms with Gasteiger partial charge in [0.2, 0.25) is 0 Å². The molecule has 1 unspecified atom stereocenters. The van der Waals surface area contributed by atoms with Gasteiger partial charge in [0.05, 0.1) is 5.92 Å². The van der Waals surface area contributed by atoms with Gasteiger partial charge in [-0.1, -0.05) is 18.2 Å². The standard InChI is InChI=1S/C12H15NO2/c1-9-6-4-5-7-11(9)15-12(14)10(2)8-13-3/h4-8,10H,1-3H3.